The van der Waals surface area contributed by atoms with Gasteiger partial charge in [0.25, 0.3) is 10.0 Å². The Morgan fingerprint density at radius 2 is 2.21 bits per heavy atom. The maximum atomic E-state index is 12.4. The maximum absolute atomic E-state index is 12.4. The Balaban J connectivity index is 2.30. The zero-order chi connectivity index (χ0) is 14.2. The van der Waals surface area contributed by atoms with Crippen molar-refractivity contribution in [3.63, 3.8) is 0 Å². The van der Waals surface area contributed by atoms with Gasteiger partial charge < -0.3 is 0 Å². The molecule has 0 bridgehead atoms. The molecule has 0 aliphatic carbocycles. The number of rotatable bonds is 4. The molecule has 0 atom stereocenters. The maximum Gasteiger partial charge on any atom is 0.263 e. The van der Waals surface area contributed by atoms with Gasteiger partial charge in [-0.15, -0.1) is 16.4 Å². The van der Waals surface area contributed by atoms with E-state index in [1.165, 1.54) is 34.4 Å². The van der Waals surface area contributed by atoms with Crippen LogP contribution in [0.4, 0.5) is 0 Å². The molecule has 2 aromatic rings. The number of halogens is 2. The van der Waals surface area contributed by atoms with Crippen molar-refractivity contribution >= 4 is 48.9 Å². The van der Waals surface area contributed by atoms with Gasteiger partial charge in [-0.3, -0.25) is 0 Å². The zero-order valence-corrected chi connectivity index (χ0v) is 14.0. The second-order valence-electron chi connectivity index (χ2n) is 3.78. The van der Waals surface area contributed by atoms with Crippen LogP contribution in [0.5, 0.6) is 0 Å². The first-order valence-corrected chi connectivity index (χ1v) is 8.51. The van der Waals surface area contributed by atoms with Crippen LogP contribution in [0.3, 0.4) is 0 Å². The van der Waals surface area contributed by atoms with Crippen LogP contribution in [0.15, 0.2) is 21.8 Å². The van der Waals surface area contributed by atoms with Crippen molar-refractivity contribution in [3.8, 4) is 0 Å². The van der Waals surface area contributed by atoms with Crippen LogP contribution in [-0.2, 0) is 23.6 Å². The average Bonchev–Trinajstić information content (AvgIpc) is 2.85. The van der Waals surface area contributed by atoms with Gasteiger partial charge in [-0.25, -0.2) is 13.1 Å². The topological polar surface area (TPSA) is 68.1 Å². The second-order valence-corrected chi connectivity index (χ2v) is 8.29. The number of sulfonamides is 1. The van der Waals surface area contributed by atoms with Crippen LogP contribution >= 0.6 is 38.9 Å². The molecule has 10 heteroatoms. The molecule has 19 heavy (non-hydrogen) atoms. The standard InChI is InChI=1S/C9H10BrClN4O2S2/c1-14(5-6-3-4-7(11)18-6)19(16,17)9-8(10)12-13-15(9)2/h3-4H,5H2,1-2H3. The van der Waals surface area contributed by atoms with E-state index in [0.717, 1.165) is 4.88 Å². The fourth-order valence-electron chi connectivity index (χ4n) is 1.49. The van der Waals surface area contributed by atoms with Gasteiger partial charge in [-0.2, -0.15) is 4.31 Å². The van der Waals surface area contributed by atoms with Gasteiger partial charge in [0.05, 0.1) is 4.34 Å². The highest BCUT2D eigenvalue weighted by atomic mass is 79.9. The Morgan fingerprint density at radius 1 is 1.53 bits per heavy atom. The predicted octanol–water partition coefficient (Wildman–Crippen LogP) is 2.11. The molecule has 0 saturated heterocycles. The molecule has 0 aliphatic rings. The molecule has 0 spiro atoms. The minimum atomic E-state index is -3.66. The second kappa shape index (κ2) is 5.49. The van der Waals surface area contributed by atoms with Crippen molar-refractivity contribution in [2.45, 2.75) is 11.6 Å². The summed E-state index contributed by atoms with van der Waals surface area (Å²) in [5, 5.41) is 7.38. The third-order valence-electron chi connectivity index (χ3n) is 2.40. The monoisotopic (exact) mass is 384 g/mol. The summed E-state index contributed by atoms with van der Waals surface area (Å²) in [5.74, 6) is 0. The van der Waals surface area contributed by atoms with Gasteiger partial charge in [0.15, 0.2) is 4.60 Å². The fraction of sp³-hybridized carbons (Fsp3) is 0.333. The molecule has 2 rings (SSSR count). The van der Waals surface area contributed by atoms with E-state index in [2.05, 4.69) is 26.2 Å². The lowest BCUT2D eigenvalue weighted by Gasteiger charge is -2.15. The summed E-state index contributed by atoms with van der Waals surface area (Å²) < 4.78 is 28.1. The van der Waals surface area contributed by atoms with Crippen LogP contribution in [-0.4, -0.2) is 34.8 Å². The third-order valence-corrected chi connectivity index (χ3v) is 6.31. The third kappa shape index (κ3) is 3.00. The molecule has 2 heterocycles. The van der Waals surface area contributed by atoms with Gasteiger partial charge in [-0.05, 0) is 28.1 Å². The summed E-state index contributed by atoms with van der Waals surface area (Å²) in [7, 11) is -0.627. The van der Waals surface area contributed by atoms with Gasteiger partial charge >= 0.3 is 0 Å². The Hall–Kier alpha value is -0.480. The molecule has 104 valence electrons. The van der Waals surface area contributed by atoms with Crippen molar-refractivity contribution in [1.29, 1.82) is 0 Å². The summed E-state index contributed by atoms with van der Waals surface area (Å²) in [6.07, 6.45) is 0. The van der Waals surface area contributed by atoms with Crippen LogP contribution < -0.4 is 0 Å². The Labute approximate surface area is 128 Å². The molecule has 0 aromatic carbocycles. The van der Waals surface area contributed by atoms with Crippen LogP contribution in [0.1, 0.15) is 4.88 Å². The predicted molar refractivity (Wildman–Crippen MR) is 76.7 cm³/mol. The number of aromatic nitrogens is 3. The fourth-order valence-corrected chi connectivity index (χ4v) is 4.88. The lowest BCUT2D eigenvalue weighted by molar-refractivity contribution is 0.459. The Kier molecular flexibility index (Phi) is 4.31. The largest absolute Gasteiger partial charge is 0.263 e. The molecule has 0 saturated carbocycles. The minimum absolute atomic E-state index is 0.0256. The molecule has 0 aliphatic heterocycles. The van der Waals surface area contributed by atoms with E-state index in [-0.39, 0.29) is 16.2 Å². The van der Waals surface area contributed by atoms with Crippen LogP contribution in [0.2, 0.25) is 4.34 Å². The SMILES string of the molecule is CN(Cc1ccc(Cl)s1)S(=O)(=O)c1c(Br)nnn1C. The lowest BCUT2D eigenvalue weighted by atomic mass is 10.5. The highest BCUT2D eigenvalue weighted by Crippen LogP contribution is 2.26. The lowest BCUT2D eigenvalue weighted by Crippen LogP contribution is -2.28. The number of hydrogen-bond acceptors (Lipinski definition) is 5. The highest BCUT2D eigenvalue weighted by molar-refractivity contribution is 9.10. The van der Waals surface area contributed by atoms with Crippen LogP contribution in [0.25, 0.3) is 0 Å². The first-order chi connectivity index (χ1) is 8.82. The average molecular weight is 386 g/mol. The zero-order valence-electron chi connectivity index (χ0n) is 10.0. The normalized spacial score (nSPS) is 12.3. The number of hydrogen-bond donors (Lipinski definition) is 0. The van der Waals surface area contributed by atoms with E-state index in [4.69, 9.17) is 11.6 Å². The minimum Gasteiger partial charge on any atom is -0.235 e. The van der Waals surface area contributed by atoms with Gasteiger partial charge in [-0.1, -0.05) is 16.8 Å². The van der Waals surface area contributed by atoms with E-state index >= 15 is 0 Å². The number of thiophene rings is 1. The van der Waals surface area contributed by atoms with Gasteiger partial charge in [0, 0.05) is 25.5 Å². The molecule has 0 unspecified atom stereocenters. The molecule has 2 aromatic heterocycles. The molecule has 6 nitrogen and oxygen atoms in total. The van der Waals surface area contributed by atoms with Gasteiger partial charge in [0.2, 0.25) is 5.03 Å². The van der Waals surface area contributed by atoms with E-state index in [9.17, 15) is 8.42 Å². The van der Waals surface area contributed by atoms with E-state index in [1.54, 1.807) is 12.1 Å². The molecule has 0 N–H and O–H groups in total. The van der Waals surface area contributed by atoms with Gasteiger partial charge in [0.1, 0.15) is 0 Å². The Bertz CT molecular complexity index is 677. The highest BCUT2D eigenvalue weighted by Gasteiger charge is 2.28. The summed E-state index contributed by atoms with van der Waals surface area (Å²) in [4.78, 5) is 0.863. The summed E-state index contributed by atoms with van der Waals surface area (Å²) in [6, 6.07) is 3.54. The molecule has 0 amide bonds. The van der Waals surface area contributed by atoms with Crippen molar-refractivity contribution in [2.24, 2.45) is 7.05 Å². The van der Waals surface area contributed by atoms with Crippen molar-refractivity contribution in [2.75, 3.05) is 7.05 Å². The molecular formula is C9H10BrClN4O2S2. The first kappa shape index (κ1) is 14.9. The molecule has 0 fully saturated rings. The summed E-state index contributed by atoms with van der Waals surface area (Å²) >= 11 is 10.3. The van der Waals surface area contributed by atoms with Crippen molar-refractivity contribution in [1.82, 2.24) is 19.3 Å². The molecular weight excluding hydrogens is 376 g/mol. The molecule has 0 radical (unpaired) electrons. The van der Waals surface area contributed by atoms with Crippen molar-refractivity contribution < 1.29 is 8.42 Å². The number of aryl methyl sites for hydroxylation is 1. The van der Waals surface area contributed by atoms with Crippen molar-refractivity contribution in [3.05, 3.63) is 25.9 Å². The van der Waals surface area contributed by atoms with E-state index < -0.39 is 10.0 Å². The Morgan fingerprint density at radius 3 is 2.68 bits per heavy atom. The first-order valence-electron chi connectivity index (χ1n) is 5.08. The quantitative estimate of drug-likeness (QED) is 0.808. The summed E-state index contributed by atoms with van der Waals surface area (Å²) in [5.41, 5.74) is 0. The summed E-state index contributed by atoms with van der Waals surface area (Å²) in [6.45, 7) is 0.247. The number of nitrogens with zero attached hydrogens (tertiary/aromatic N) is 4. The van der Waals surface area contributed by atoms with Crippen LogP contribution in [0, 0.1) is 0 Å². The van der Waals surface area contributed by atoms with E-state index in [1.807, 2.05) is 0 Å². The van der Waals surface area contributed by atoms with E-state index in [0.29, 0.717) is 4.34 Å². The smallest absolute Gasteiger partial charge is 0.235 e.